The van der Waals surface area contributed by atoms with E-state index in [1.54, 1.807) is 19.1 Å². The van der Waals surface area contributed by atoms with Crippen LogP contribution in [0.5, 0.6) is 11.5 Å². The molecule has 170 valence electrons. The Balaban J connectivity index is 1.51. The van der Waals surface area contributed by atoms with E-state index in [0.717, 1.165) is 22.9 Å². The molecule has 0 aliphatic rings. The van der Waals surface area contributed by atoms with E-state index in [2.05, 4.69) is 40.5 Å². The normalized spacial score (nSPS) is 10.7. The van der Waals surface area contributed by atoms with Gasteiger partial charge >= 0.3 is 0 Å². The molecule has 0 aliphatic heterocycles. The molecule has 0 radical (unpaired) electrons. The van der Waals surface area contributed by atoms with Crippen LogP contribution in [0.1, 0.15) is 22.5 Å². The summed E-state index contributed by atoms with van der Waals surface area (Å²) >= 11 is 1.32. The molecule has 8 heteroatoms. The minimum absolute atomic E-state index is 0.0308. The third-order valence-electron chi connectivity index (χ3n) is 5.25. The van der Waals surface area contributed by atoms with E-state index in [1.165, 1.54) is 22.7 Å². The van der Waals surface area contributed by atoms with Crippen molar-refractivity contribution >= 4 is 22.6 Å². The van der Waals surface area contributed by atoms with Crippen molar-refractivity contribution in [2.45, 2.75) is 19.8 Å². The molecule has 0 saturated heterocycles. The predicted molar refractivity (Wildman–Crippen MR) is 128 cm³/mol. The zero-order valence-corrected chi connectivity index (χ0v) is 20.1. The van der Waals surface area contributed by atoms with Crippen LogP contribution < -0.4 is 14.4 Å². The lowest BCUT2D eigenvalue weighted by atomic mass is 10.1. The molecule has 0 atom stereocenters. The maximum atomic E-state index is 12.7. The van der Waals surface area contributed by atoms with Crippen molar-refractivity contribution in [2.24, 2.45) is 0 Å². The SMILES string of the molecule is COc1ccc(CCN(C)C(=O)CN(C)c2nc(Cc3ccc(C)cc3)ns2)cc1OC. The third-order valence-corrected chi connectivity index (χ3v) is 6.12. The first-order chi connectivity index (χ1) is 15.4. The zero-order chi connectivity index (χ0) is 23.1. The summed E-state index contributed by atoms with van der Waals surface area (Å²) in [6.07, 6.45) is 1.41. The monoisotopic (exact) mass is 454 g/mol. The summed E-state index contributed by atoms with van der Waals surface area (Å²) in [6, 6.07) is 14.2. The number of hydrogen-bond acceptors (Lipinski definition) is 7. The zero-order valence-electron chi connectivity index (χ0n) is 19.3. The van der Waals surface area contributed by atoms with E-state index in [-0.39, 0.29) is 12.5 Å². The van der Waals surface area contributed by atoms with E-state index in [1.807, 2.05) is 37.2 Å². The van der Waals surface area contributed by atoms with Crippen molar-refractivity contribution < 1.29 is 14.3 Å². The first-order valence-electron chi connectivity index (χ1n) is 10.4. The molecule has 0 N–H and O–H groups in total. The van der Waals surface area contributed by atoms with Crippen LogP contribution in [0.25, 0.3) is 0 Å². The number of aryl methyl sites for hydroxylation is 1. The Kier molecular flexibility index (Phi) is 8.05. The van der Waals surface area contributed by atoms with Crippen LogP contribution in [-0.2, 0) is 17.6 Å². The molecule has 0 saturated carbocycles. The van der Waals surface area contributed by atoms with Crippen LogP contribution in [0.2, 0.25) is 0 Å². The Morgan fingerprint density at radius 3 is 2.38 bits per heavy atom. The number of nitrogens with zero attached hydrogens (tertiary/aromatic N) is 4. The highest BCUT2D eigenvalue weighted by atomic mass is 32.1. The number of methoxy groups -OCH3 is 2. The highest BCUT2D eigenvalue weighted by Gasteiger charge is 2.16. The topological polar surface area (TPSA) is 67.8 Å². The minimum atomic E-state index is 0.0308. The van der Waals surface area contributed by atoms with Gasteiger partial charge in [-0.05, 0) is 36.6 Å². The van der Waals surface area contributed by atoms with Crippen molar-refractivity contribution in [3.8, 4) is 11.5 Å². The lowest BCUT2D eigenvalue weighted by molar-refractivity contribution is -0.128. The van der Waals surface area contributed by atoms with Gasteiger partial charge in [0.2, 0.25) is 11.0 Å². The van der Waals surface area contributed by atoms with Gasteiger partial charge in [-0.2, -0.15) is 4.37 Å². The van der Waals surface area contributed by atoms with Gasteiger partial charge in [-0.15, -0.1) is 0 Å². The molecular weight excluding hydrogens is 424 g/mol. The second kappa shape index (κ2) is 10.9. The molecule has 2 aromatic carbocycles. The molecule has 0 fully saturated rings. The number of rotatable bonds is 10. The summed E-state index contributed by atoms with van der Waals surface area (Å²) in [6.45, 7) is 2.93. The standard InChI is InChI=1S/C24H30N4O3S/c1-17-6-8-18(9-7-17)15-22-25-24(32-26-22)28(3)16-23(29)27(2)13-12-19-10-11-20(30-4)21(14-19)31-5/h6-11,14H,12-13,15-16H2,1-5H3. The van der Waals surface area contributed by atoms with E-state index in [0.29, 0.717) is 24.5 Å². The molecule has 3 aromatic rings. The number of aromatic nitrogens is 2. The molecular formula is C24H30N4O3S. The Labute approximate surface area is 193 Å². The van der Waals surface area contributed by atoms with Crippen LogP contribution >= 0.6 is 11.5 Å². The Morgan fingerprint density at radius 1 is 1.00 bits per heavy atom. The third kappa shape index (κ3) is 6.20. The number of amides is 1. The largest absolute Gasteiger partial charge is 0.493 e. The number of anilines is 1. The van der Waals surface area contributed by atoms with Gasteiger partial charge in [-0.3, -0.25) is 4.79 Å². The number of carbonyl (C=O) groups is 1. The Bertz CT molecular complexity index is 1040. The number of benzene rings is 2. The van der Waals surface area contributed by atoms with Gasteiger partial charge in [0.15, 0.2) is 11.5 Å². The maximum Gasteiger partial charge on any atom is 0.241 e. The van der Waals surface area contributed by atoms with Crippen LogP contribution in [0, 0.1) is 6.92 Å². The van der Waals surface area contributed by atoms with E-state index in [9.17, 15) is 4.79 Å². The molecule has 0 unspecified atom stereocenters. The molecule has 7 nitrogen and oxygen atoms in total. The number of hydrogen-bond donors (Lipinski definition) is 0. The van der Waals surface area contributed by atoms with Crippen molar-refractivity contribution in [3.05, 3.63) is 65.0 Å². The van der Waals surface area contributed by atoms with Crippen LogP contribution in [0.15, 0.2) is 42.5 Å². The number of ether oxygens (including phenoxy) is 2. The molecule has 0 bridgehead atoms. The lowest BCUT2D eigenvalue weighted by Crippen LogP contribution is -2.37. The fourth-order valence-electron chi connectivity index (χ4n) is 3.21. The highest BCUT2D eigenvalue weighted by Crippen LogP contribution is 2.27. The molecule has 32 heavy (non-hydrogen) atoms. The fourth-order valence-corrected chi connectivity index (χ4v) is 3.85. The first-order valence-corrected chi connectivity index (χ1v) is 11.2. The predicted octanol–water partition coefficient (Wildman–Crippen LogP) is 3.59. The van der Waals surface area contributed by atoms with E-state index < -0.39 is 0 Å². The first kappa shape index (κ1) is 23.5. The molecule has 1 amide bonds. The summed E-state index contributed by atoms with van der Waals surface area (Å²) in [7, 11) is 6.92. The van der Waals surface area contributed by atoms with Crippen LogP contribution in [0.4, 0.5) is 5.13 Å². The van der Waals surface area contributed by atoms with Crippen LogP contribution in [0.3, 0.4) is 0 Å². The molecule has 1 heterocycles. The summed E-state index contributed by atoms with van der Waals surface area (Å²) in [5.74, 6) is 2.19. The van der Waals surface area contributed by atoms with E-state index in [4.69, 9.17) is 9.47 Å². The van der Waals surface area contributed by atoms with E-state index >= 15 is 0 Å². The molecule has 0 aliphatic carbocycles. The second-order valence-corrected chi connectivity index (χ2v) is 8.50. The van der Waals surface area contributed by atoms with Gasteiger partial charge in [0, 0.05) is 38.6 Å². The van der Waals surface area contributed by atoms with Crippen molar-refractivity contribution in [3.63, 3.8) is 0 Å². The van der Waals surface area contributed by atoms with Gasteiger partial charge in [0.25, 0.3) is 0 Å². The van der Waals surface area contributed by atoms with Crippen LogP contribution in [-0.4, -0.2) is 61.6 Å². The molecule has 3 rings (SSSR count). The van der Waals surface area contributed by atoms with Crippen molar-refractivity contribution in [1.29, 1.82) is 0 Å². The van der Waals surface area contributed by atoms with Gasteiger partial charge in [0.1, 0.15) is 5.82 Å². The maximum absolute atomic E-state index is 12.7. The number of carbonyl (C=O) groups excluding carboxylic acids is 1. The smallest absolute Gasteiger partial charge is 0.241 e. The van der Waals surface area contributed by atoms with Gasteiger partial charge < -0.3 is 19.3 Å². The Hall–Kier alpha value is -3.13. The molecule has 0 spiro atoms. The highest BCUT2D eigenvalue weighted by molar-refractivity contribution is 7.09. The summed E-state index contributed by atoms with van der Waals surface area (Å²) in [5.41, 5.74) is 3.49. The van der Waals surface area contributed by atoms with Gasteiger partial charge in [-0.25, -0.2) is 4.98 Å². The molecule has 1 aromatic heterocycles. The van der Waals surface area contributed by atoms with Gasteiger partial charge in [0.05, 0.1) is 20.8 Å². The van der Waals surface area contributed by atoms with Crippen molar-refractivity contribution in [2.75, 3.05) is 46.3 Å². The Morgan fingerprint density at radius 2 is 1.69 bits per heavy atom. The summed E-state index contributed by atoms with van der Waals surface area (Å²) in [4.78, 5) is 20.9. The summed E-state index contributed by atoms with van der Waals surface area (Å²) < 4.78 is 15.1. The fraction of sp³-hybridized carbons (Fsp3) is 0.375. The average molecular weight is 455 g/mol. The minimum Gasteiger partial charge on any atom is -0.493 e. The second-order valence-electron chi connectivity index (χ2n) is 7.77. The lowest BCUT2D eigenvalue weighted by Gasteiger charge is -2.21. The average Bonchev–Trinajstić information content (AvgIpc) is 3.27. The quantitative estimate of drug-likeness (QED) is 0.466. The summed E-state index contributed by atoms with van der Waals surface area (Å²) in [5, 5.41) is 0.744. The van der Waals surface area contributed by atoms with Gasteiger partial charge in [-0.1, -0.05) is 35.9 Å². The van der Waals surface area contributed by atoms with Crippen molar-refractivity contribution in [1.82, 2.24) is 14.3 Å². The number of likely N-dealkylation sites (N-methyl/N-ethyl adjacent to an activating group) is 2.